The molecule has 166 valence electrons. The number of ether oxygens (including phenoxy) is 2. The van der Waals surface area contributed by atoms with Crippen LogP contribution in [-0.4, -0.2) is 28.8 Å². The molecule has 1 unspecified atom stereocenters. The third-order valence-corrected chi connectivity index (χ3v) is 5.83. The van der Waals surface area contributed by atoms with E-state index in [0.717, 1.165) is 49.0 Å². The molecule has 0 aliphatic carbocycles. The van der Waals surface area contributed by atoms with Crippen molar-refractivity contribution in [2.24, 2.45) is 11.8 Å². The molecular formula is C24H40O5. The van der Waals surface area contributed by atoms with Crippen molar-refractivity contribution < 1.29 is 24.2 Å². The lowest BCUT2D eigenvalue weighted by Gasteiger charge is -2.38. The van der Waals surface area contributed by atoms with E-state index in [1.54, 1.807) is 0 Å². The maximum Gasteiger partial charge on any atom is 0.306 e. The average Bonchev–Trinajstić information content (AvgIpc) is 2.62. The molecule has 3 atom stereocenters. The third-order valence-electron chi connectivity index (χ3n) is 5.83. The van der Waals surface area contributed by atoms with Crippen LogP contribution in [0.25, 0.3) is 0 Å². The summed E-state index contributed by atoms with van der Waals surface area (Å²) in [5, 5.41) is 8.76. The summed E-state index contributed by atoms with van der Waals surface area (Å²) in [6.07, 6.45) is 5.61. The van der Waals surface area contributed by atoms with Crippen LogP contribution in [-0.2, 0) is 19.1 Å². The smallest absolute Gasteiger partial charge is 0.306 e. The van der Waals surface area contributed by atoms with E-state index >= 15 is 0 Å². The summed E-state index contributed by atoms with van der Waals surface area (Å²) in [5.41, 5.74) is 1.69. The molecule has 0 aromatic carbocycles. The van der Waals surface area contributed by atoms with Crippen molar-refractivity contribution in [3.63, 3.8) is 0 Å². The van der Waals surface area contributed by atoms with Gasteiger partial charge in [0.1, 0.15) is 11.7 Å². The standard InChI is InChI=1S/C24H40O5/c1-16(2)10-8-14-24(7)15-9-11-20(29-24)18(5)19(6)23(17(3)4)28-22(27)13-12-21(25)26/h16,19,23H,3,8-15H2,1-2,4-7H3,(H,25,26)/b20-18+/t19?,23-,24-/m1/s1. The van der Waals surface area contributed by atoms with Gasteiger partial charge in [0, 0.05) is 12.3 Å². The van der Waals surface area contributed by atoms with Crippen LogP contribution >= 0.6 is 0 Å². The van der Waals surface area contributed by atoms with Gasteiger partial charge in [-0.25, -0.2) is 0 Å². The van der Waals surface area contributed by atoms with Crippen LogP contribution in [0.4, 0.5) is 0 Å². The topological polar surface area (TPSA) is 72.8 Å². The number of carboxylic acids is 1. The number of allylic oxidation sites excluding steroid dienone is 1. The van der Waals surface area contributed by atoms with Gasteiger partial charge in [0.25, 0.3) is 0 Å². The number of aliphatic carboxylic acids is 1. The van der Waals surface area contributed by atoms with E-state index in [1.165, 1.54) is 6.42 Å². The first-order valence-electron chi connectivity index (χ1n) is 10.9. The number of rotatable bonds is 11. The Labute approximate surface area is 176 Å². The van der Waals surface area contributed by atoms with Gasteiger partial charge in [-0.15, -0.1) is 0 Å². The number of carboxylic acid groups (broad SMARTS) is 1. The summed E-state index contributed by atoms with van der Waals surface area (Å²) < 4.78 is 12.1. The van der Waals surface area contributed by atoms with Crippen molar-refractivity contribution in [1.82, 2.24) is 0 Å². The van der Waals surface area contributed by atoms with Gasteiger partial charge in [0.15, 0.2) is 0 Å². The van der Waals surface area contributed by atoms with Crippen LogP contribution in [0.15, 0.2) is 23.5 Å². The number of carbonyl (C=O) groups excluding carboxylic acids is 1. The van der Waals surface area contributed by atoms with Crippen LogP contribution < -0.4 is 0 Å². The van der Waals surface area contributed by atoms with Crippen molar-refractivity contribution in [1.29, 1.82) is 0 Å². The van der Waals surface area contributed by atoms with E-state index < -0.39 is 18.0 Å². The predicted molar refractivity (Wildman–Crippen MR) is 115 cm³/mol. The fourth-order valence-electron chi connectivity index (χ4n) is 3.88. The largest absolute Gasteiger partial charge is 0.492 e. The third kappa shape index (κ3) is 8.63. The van der Waals surface area contributed by atoms with E-state index in [1.807, 2.05) is 20.8 Å². The Hall–Kier alpha value is -1.78. The molecule has 1 N–H and O–H groups in total. The number of hydrogen-bond donors (Lipinski definition) is 1. The maximum atomic E-state index is 12.1. The molecule has 29 heavy (non-hydrogen) atoms. The molecule has 5 heteroatoms. The van der Waals surface area contributed by atoms with E-state index in [0.29, 0.717) is 5.92 Å². The van der Waals surface area contributed by atoms with Crippen LogP contribution in [0.3, 0.4) is 0 Å². The molecule has 1 heterocycles. The Morgan fingerprint density at radius 2 is 1.90 bits per heavy atom. The van der Waals surface area contributed by atoms with Crippen molar-refractivity contribution >= 4 is 11.9 Å². The van der Waals surface area contributed by atoms with E-state index in [2.05, 4.69) is 27.4 Å². The average molecular weight is 409 g/mol. The number of carbonyl (C=O) groups is 2. The molecule has 0 aromatic rings. The molecule has 0 spiro atoms. The summed E-state index contributed by atoms with van der Waals surface area (Å²) in [5.74, 6) is 0.115. The van der Waals surface area contributed by atoms with Gasteiger partial charge < -0.3 is 14.6 Å². The van der Waals surface area contributed by atoms with Crippen LogP contribution in [0.5, 0.6) is 0 Å². The first-order chi connectivity index (χ1) is 13.4. The van der Waals surface area contributed by atoms with Gasteiger partial charge in [-0.1, -0.05) is 33.8 Å². The second kappa shape index (κ2) is 11.4. The van der Waals surface area contributed by atoms with Gasteiger partial charge in [0.05, 0.1) is 18.6 Å². The SMILES string of the molecule is C=C(C)[C@@H](OC(=O)CCC(=O)O)C(C)/C(C)=C1\CCC[C@@](C)(CCCC(C)C)O1. The zero-order valence-electron chi connectivity index (χ0n) is 19.2. The summed E-state index contributed by atoms with van der Waals surface area (Å²) in [4.78, 5) is 22.8. The molecule has 0 saturated carbocycles. The lowest BCUT2D eigenvalue weighted by atomic mass is 9.85. The molecule has 0 bridgehead atoms. The van der Waals surface area contributed by atoms with E-state index in [9.17, 15) is 9.59 Å². The number of hydrogen-bond acceptors (Lipinski definition) is 4. The van der Waals surface area contributed by atoms with Gasteiger partial charge in [0.2, 0.25) is 0 Å². The van der Waals surface area contributed by atoms with Crippen LogP contribution in [0, 0.1) is 11.8 Å². The lowest BCUT2D eigenvalue weighted by Crippen LogP contribution is -2.34. The highest BCUT2D eigenvalue weighted by molar-refractivity contribution is 5.76. The molecule has 5 nitrogen and oxygen atoms in total. The Balaban J connectivity index is 2.85. The molecule has 1 fully saturated rings. The van der Waals surface area contributed by atoms with Gasteiger partial charge in [-0.3, -0.25) is 9.59 Å². The van der Waals surface area contributed by atoms with Gasteiger partial charge >= 0.3 is 11.9 Å². The summed E-state index contributed by atoms with van der Waals surface area (Å²) in [6.45, 7) is 16.6. The summed E-state index contributed by atoms with van der Waals surface area (Å²) >= 11 is 0. The molecule has 0 aromatic heterocycles. The number of esters is 1. The predicted octanol–water partition coefficient (Wildman–Crippen LogP) is 6.03. The van der Waals surface area contributed by atoms with Crippen LogP contribution in [0.1, 0.15) is 92.9 Å². The summed E-state index contributed by atoms with van der Waals surface area (Å²) in [6, 6.07) is 0. The first-order valence-corrected chi connectivity index (χ1v) is 10.9. The highest BCUT2D eigenvalue weighted by atomic mass is 16.5. The Morgan fingerprint density at radius 3 is 2.45 bits per heavy atom. The van der Waals surface area contributed by atoms with E-state index in [4.69, 9.17) is 14.6 Å². The van der Waals surface area contributed by atoms with Gasteiger partial charge in [-0.05, 0) is 63.5 Å². The molecule has 1 rings (SSSR count). The van der Waals surface area contributed by atoms with E-state index in [-0.39, 0.29) is 24.4 Å². The second-order valence-electron chi connectivity index (χ2n) is 9.24. The monoisotopic (exact) mass is 408 g/mol. The summed E-state index contributed by atoms with van der Waals surface area (Å²) in [7, 11) is 0. The molecule has 1 aliphatic rings. The molecule has 0 amide bonds. The second-order valence-corrected chi connectivity index (χ2v) is 9.24. The minimum absolute atomic E-state index is 0.0747. The Bertz CT molecular complexity index is 619. The molecular weight excluding hydrogens is 368 g/mol. The zero-order chi connectivity index (χ0) is 22.2. The highest BCUT2D eigenvalue weighted by Crippen LogP contribution is 2.38. The Kier molecular flexibility index (Phi) is 9.94. The van der Waals surface area contributed by atoms with Crippen molar-refractivity contribution in [2.45, 2.75) is 105 Å². The maximum absolute atomic E-state index is 12.1. The van der Waals surface area contributed by atoms with Crippen LogP contribution in [0.2, 0.25) is 0 Å². The van der Waals surface area contributed by atoms with Crippen molar-refractivity contribution in [3.8, 4) is 0 Å². The molecule has 0 radical (unpaired) electrons. The lowest BCUT2D eigenvalue weighted by molar-refractivity contribution is -0.151. The van der Waals surface area contributed by atoms with Crippen molar-refractivity contribution in [2.75, 3.05) is 0 Å². The Morgan fingerprint density at radius 1 is 1.24 bits per heavy atom. The van der Waals surface area contributed by atoms with Gasteiger partial charge in [-0.2, -0.15) is 0 Å². The highest BCUT2D eigenvalue weighted by Gasteiger charge is 2.33. The fourth-order valence-corrected chi connectivity index (χ4v) is 3.88. The molecule has 1 aliphatic heterocycles. The fraction of sp³-hybridized carbons (Fsp3) is 0.750. The minimum Gasteiger partial charge on any atom is -0.492 e. The first kappa shape index (κ1) is 25.3. The van der Waals surface area contributed by atoms with Crippen molar-refractivity contribution in [3.05, 3.63) is 23.5 Å². The zero-order valence-corrected chi connectivity index (χ0v) is 19.2. The normalized spacial score (nSPS) is 23.1. The minimum atomic E-state index is -1.01. The molecule has 1 saturated heterocycles. The quantitative estimate of drug-likeness (QED) is 0.333.